The van der Waals surface area contributed by atoms with Gasteiger partial charge in [0.15, 0.2) is 0 Å². The molecule has 1 fully saturated rings. The molecule has 1 atom stereocenters. The Bertz CT molecular complexity index is 654. The van der Waals surface area contributed by atoms with Crippen LogP contribution in [0.1, 0.15) is 30.5 Å². The summed E-state index contributed by atoms with van der Waals surface area (Å²) in [6.45, 7) is 4.80. The molecular formula is C18H25N5O. The van der Waals surface area contributed by atoms with Gasteiger partial charge in [0.25, 0.3) is 0 Å². The molecule has 3 heterocycles. The molecule has 6 nitrogen and oxygen atoms in total. The summed E-state index contributed by atoms with van der Waals surface area (Å²) >= 11 is 0. The molecule has 0 saturated carbocycles. The van der Waals surface area contributed by atoms with Crippen molar-refractivity contribution in [1.29, 1.82) is 0 Å². The first-order valence-corrected chi connectivity index (χ1v) is 8.60. The monoisotopic (exact) mass is 327 g/mol. The fourth-order valence-electron chi connectivity index (χ4n) is 3.19. The van der Waals surface area contributed by atoms with Crippen LogP contribution >= 0.6 is 0 Å². The molecule has 0 spiro atoms. The highest BCUT2D eigenvalue weighted by Gasteiger charge is 2.24. The Hall–Kier alpha value is -2.21. The highest BCUT2D eigenvalue weighted by molar-refractivity contribution is 5.78. The van der Waals surface area contributed by atoms with Crippen molar-refractivity contribution >= 4 is 5.91 Å². The van der Waals surface area contributed by atoms with E-state index < -0.39 is 0 Å². The Labute approximate surface area is 142 Å². The van der Waals surface area contributed by atoms with E-state index in [2.05, 4.69) is 26.5 Å². The van der Waals surface area contributed by atoms with Gasteiger partial charge in [0.2, 0.25) is 5.91 Å². The number of rotatable bonds is 6. The maximum absolute atomic E-state index is 12.3. The van der Waals surface area contributed by atoms with Gasteiger partial charge in [-0.25, -0.2) is 0 Å². The highest BCUT2D eigenvalue weighted by Crippen LogP contribution is 2.18. The van der Waals surface area contributed by atoms with E-state index in [4.69, 9.17) is 0 Å². The van der Waals surface area contributed by atoms with Crippen molar-refractivity contribution in [2.24, 2.45) is 0 Å². The number of pyridine rings is 1. The second-order valence-electron chi connectivity index (χ2n) is 6.46. The number of amides is 1. The minimum Gasteiger partial charge on any atom is -0.349 e. The van der Waals surface area contributed by atoms with Gasteiger partial charge in [0.1, 0.15) is 0 Å². The molecule has 3 rings (SSSR count). The molecule has 1 amide bonds. The molecule has 24 heavy (non-hydrogen) atoms. The number of carbonyl (C=O) groups is 1. The summed E-state index contributed by atoms with van der Waals surface area (Å²) in [5, 5.41) is 7.35. The van der Waals surface area contributed by atoms with Gasteiger partial charge in [-0.05, 0) is 44.0 Å². The van der Waals surface area contributed by atoms with Crippen LogP contribution in [-0.4, -0.2) is 44.7 Å². The van der Waals surface area contributed by atoms with E-state index in [1.54, 1.807) is 6.20 Å². The Kier molecular flexibility index (Phi) is 5.59. The van der Waals surface area contributed by atoms with Gasteiger partial charge >= 0.3 is 0 Å². The fourth-order valence-corrected chi connectivity index (χ4v) is 3.19. The quantitative estimate of drug-likeness (QED) is 0.878. The molecule has 0 bridgehead atoms. The predicted octanol–water partition coefficient (Wildman–Crippen LogP) is 1.76. The van der Waals surface area contributed by atoms with Crippen molar-refractivity contribution < 1.29 is 4.79 Å². The number of carbonyl (C=O) groups excluding carboxylic acids is 1. The standard InChI is InChI=1S/C18H25N5O/c1-15-10-21-23(12-15)13-17-7-3-5-9-22(17)14-18(24)20-11-16-6-2-4-8-19-16/h2,4,6,8,10,12,17H,3,5,7,9,11,13-14H2,1H3,(H,20,24). The van der Waals surface area contributed by atoms with Crippen molar-refractivity contribution in [3.63, 3.8) is 0 Å². The number of hydrogen-bond acceptors (Lipinski definition) is 4. The largest absolute Gasteiger partial charge is 0.349 e. The minimum absolute atomic E-state index is 0.0594. The average Bonchev–Trinajstić information content (AvgIpc) is 3.01. The summed E-state index contributed by atoms with van der Waals surface area (Å²) < 4.78 is 1.99. The Morgan fingerprint density at radius 1 is 1.38 bits per heavy atom. The Morgan fingerprint density at radius 3 is 3.04 bits per heavy atom. The van der Waals surface area contributed by atoms with Crippen LogP contribution in [0.3, 0.4) is 0 Å². The van der Waals surface area contributed by atoms with Crippen LogP contribution in [0.25, 0.3) is 0 Å². The van der Waals surface area contributed by atoms with E-state index in [1.807, 2.05) is 36.0 Å². The summed E-state index contributed by atoms with van der Waals surface area (Å²) in [6, 6.07) is 6.10. The predicted molar refractivity (Wildman–Crippen MR) is 92.3 cm³/mol. The Morgan fingerprint density at radius 2 is 2.29 bits per heavy atom. The maximum Gasteiger partial charge on any atom is 0.234 e. The van der Waals surface area contributed by atoms with Gasteiger partial charge in [-0.1, -0.05) is 12.5 Å². The first-order valence-electron chi connectivity index (χ1n) is 8.60. The molecule has 6 heteroatoms. The molecule has 128 valence electrons. The van der Waals surface area contributed by atoms with Crippen molar-refractivity contribution in [3.05, 3.63) is 48.0 Å². The third-order valence-electron chi connectivity index (χ3n) is 4.45. The van der Waals surface area contributed by atoms with Crippen molar-refractivity contribution in [3.8, 4) is 0 Å². The molecule has 1 unspecified atom stereocenters. The fraction of sp³-hybridized carbons (Fsp3) is 0.500. The molecule has 0 aromatic carbocycles. The summed E-state index contributed by atoms with van der Waals surface area (Å²) in [5.41, 5.74) is 2.05. The normalized spacial score (nSPS) is 18.5. The van der Waals surface area contributed by atoms with E-state index in [-0.39, 0.29) is 5.91 Å². The van der Waals surface area contributed by atoms with Crippen LogP contribution in [0.15, 0.2) is 36.8 Å². The zero-order valence-electron chi connectivity index (χ0n) is 14.2. The second-order valence-corrected chi connectivity index (χ2v) is 6.46. The topological polar surface area (TPSA) is 63.1 Å². The highest BCUT2D eigenvalue weighted by atomic mass is 16.2. The number of aromatic nitrogens is 3. The molecule has 2 aromatic rings. The van der Waals surface area contributed by atoms with Crippen molar-refractivity contribution in [1.82, 2.24) is 25.0 Å². The van der Waals surface area contributed by atoms with E-state index in [9.17, 15) is 4.79 Å². The van der Waals surface area contributed by atoms with Gasteiger partial charge in [-0.3, -0.25) is 19.4 Å². The van der Waals surface area contributed by atoms with Crippen molar-refractivity contribution in [2.45, 2.75) is 45.3 Å². The van der Waals surface area contributed by atoms with Crippen LogP contribution in [0.4, 0.5) is 0 Å². The molecule has 1 saturated heterocycles. The lowest BCUT2D eigenvalue weighted by Crippen LogP contribution is -2.47. The third kappa shape index (κ3) is 4.64. The number of hydrogen-bond donors (Lipinski definition) is 1. The summed E-state index contributed by atoms with van der Waals surface area (Å²) in [4.78, 5) is 18.8. The average molecular weight is 327 g/mol. The zero-order chi connectivity index (χ0) is 16.8. The van der Waals surface area contributed by atoms with E-state index in [0.717, 1.165) is 31.6 Å². The van der Waals surface area contributed by atoms with Gasteiger partial charge in [0, 0.05) is 18.4 Å². The minimum atomic E-state index is 0.0594. The number of aryl methyl sites for hydroxylation is 1. The van der Waals surface area contributed by atoms with Gasteiger partial charge in [-0.2, -0.15) is 5.10 Å². The lowest BCUT2D eigenvalue weighted by Gasteiger charge is -2.35. The zero-order valence-corrected chi connectivity index (χ0v) is 14.2. The first kappa shape index (κ1) is 16.6. The van der Waals surface area contributed by atoms with Crippen molar-refractivity contribution in [2.75, 3.05) is 13.1 Å². The van der Waals surface area contributed by atoms with Crippen LogP contribution in [0.5, 0.6) is 0 Å². The van der Waals surface area contributed by atoms with Crippen LogP contribution < -0.4 is 5.32 Å². The van der Waals surface area contributed by atoms with Gasteiger partial charge < -0.3 is 5.32 Å². The van der Waals surface area contributed by atoms with Crippen LogP contribution in [-0.2, 0) is 17.9 Å². The summed E-state index contributed by atoms with van der Waals surface area (Å²) in [6.07, 6.45) is 9.18. The maximum atomic E-state index is 12.3. The lowest BCUT2D eigenvalue weighted by molar-refractivity contribution is -0.123. The molecular weight excluding hydrogens is 302 g/mol. The molecule has 0 radical (unpaired) electrons. The van der Waals surface area contributed by atoms with Gasteiger partial charge in [0.05, 0.1) is 31.5 Å². The van der Waals surface area contributed by atoms with E-state index in [0.29, 0.717) is 19.1 Å². The molecule has 1 N–H and O–H groups in total. The second kappa shape index (κ2) is 8.06. The molecule has 2 aromatic heterocycles. The smallest absolute Gasteiger partial charge is 0.234 e. The Balaban J connectivity index is 1.52. The number of nitrogens with zero attached hydrogens (tertiary/aromatic N) is 4. The van der Waals surface area contributed by atoms with Crippen LogP contribution in [0, 0.1) is 6.92 Å². The van der Waals surface area contributed by atoms with Gasteiger partial charge in [-0.15, -0.1) is 0 Å². The molecule has 1 aliphatic rings. The summed E-state index contributed by atoms with van der Waals surface area (Å²) in [5.74, 6) is 0.0594. The molecule has 1 aliphatic heterocycles. The number of nitrogens with one attached hydrogen (secondary N) is 1. The van der Waals surface area contributed by atoms with Crippen LogP contribution in [0.2, 0.25) is 0 Å². The first-order chi connectivity index (χ1) is 11.7. The summed E-state index contributed by atoms with van der Waals surface area (Å²) in [7, 11) is 0. The number of piperidine rings is 1. The van der Waals surface area contributed by atoms with E-state index in [1.165, 1.54) is 12.0 Å². The molecule has 0 aliphatic carbocycles. The lowest BCUT2D eigenvalue weighted by atomic mass is 10.0. The SMILES string of the molecule is Cc1cnn(CC2CCCCN2CC(=O)NCc2ccccn2)c1. The van der Waals surface area contributed by atoms with E-state index >= 15 is 0 Å². The number of likely N-dealkylation sites (tertiary alicyclic amines) is 1. The third-order valence-corrected chi connectivity index (χ3v) is 4.45.